The van der Waals surface area contributed by atoms with Crippen molar-refractivity contribution in [2.75, 3.05) is 38.2 Å². The van der Waals surface area contributed by atoms with Crippen LogP contribution in [0.1, 0.15) is 16.7 Å². The van der Waals surface area contributed by atoms with Crippen LogP contribution in [0.3, 0.4) is 0 Å². The molecule has 3 aromatic rings. The maximum atomic E-state index is 5.37. The zero-order valence-corrected chi connectivity index (χ0v) is 16.4. The summed E-state index contributed by atoms with van der Waals surface area (Å²) in [6.07, 6.45) is 1.08. The fourth-order valence-electron chi connectivity index (χ4n) is 4.66. The fourth-order valence-corrected chi connectivity index (χ4v) is 4.66. The molecule has 0 saturated carbocycles. The summed E-state index contributed by atoms with van der Waals surface area (Å²) in [6.45, 7) is 5.66. The zero-order chi connectivity index (χ0) is 18.9. The first-order chi connectivity index (χ1) is 13.8. The number of anilines is 1. The van der Waals surface area contributed by atoms with E-state index in [1.54, 1.807) is 12.0 Å². The molecule has 1 saturated heterocycles. The average molecular weight is 372 g/mol. The van der Waals surface area contributed by atoms with Gasteiger partial charge < -0.3 is 14.5 Å². The Labute approximate surface area is 167 Å². The SMILES string of the molecule is COc1cccc(N2CC[NH+](Cc3ccc4c(c3)Cc3ccccc3-4)CC2)c1. The third-order valence-electron chi connectivity index (χ3n) is 6.20. The van der Waals surface area contributed by atoms with Gasteiger partial charge in [0.05, 0.1) is 33.3 Å². The Morgan fingerprint density at radius 2 is 1.68 bits per heavy atom. The lowest BCUT2D eigenvalue weighted by Crippen LogP contribution is -3.13. The molecular weight excluding hydrogens is 344 g/mol. The Kier molecular flexibility index (Phi) is 4.53. The van der Waals surface area contributed by atoms with E-state index >= 15 is 0 Å². The van der Waals surface area contributed by atoms with Gasteiger partial charge >= 0.3 is 0 Å². The van der Waals surface area contributed by atoms with E-state index in [9.17, 15) is 0 Å². The van der Waals surface area contributed by atoms with Gasteiger partial charge in [-0.15, -0.1) is 0 Å². The summed E-state index contributed by atoms with van der Waals surface area (Å²) < 4.78 is 5.37. The molecule has 0 aromatic heterocycles. The monoisotopic (exact) mass is 371 g/mol. The molecule has 1 aliphatic heterocycles. The molecule has 0 atom stereocenters. The Bertz CT molecular complexity index is 989. The van der Waals surface area contributed by atoms with Crippen LogP contribution in [-0.4, -0.2) is 33.3 Å². The van der Waals surface area contributed by atoms with Gasteiger partial charge in [-0.05, 0) is 46.9 Å². The van der Waals surface area contributed by atoms with Gasteiger partial charge in [0.1, 0.15) is 12.3 Å². The molecule has 5 rings (SSSR count). The van der Waals surface area contributed by atoms with E-state index in [2.05, 4.69) is 65.6 Å². The molecule has 1 N–H and O–H groups in total. The van der Waals surface area contributed by atoms with Gasteiger partial charge in [-0.3, -0.25) is 0 Å². The van der Waals surface area contributed by atoms with E-state index in [1.807, 2.05) is 6.07 Å². The minimum Gasteiger partial charge on any atom is -0.497 e. The van der Waals surface area contributed by atoms with E-state index in [0.717, 1.165) is 31.8 Å². The van der Waals surface area contributed by atoms with E-state index in [0.29, 0.717) is 0 Å². The molecule has 2 aliphatic rings. The summed E-state index contributed by atoms with van der Waals surface area (Å²) in [6, 6.07) is 24.3. The smallest absolute Gasteiger partial charge is 0.120 e. The van der Waals surface area contributed by atoms with Crippen LogP contribution in [0, 0.1) is 0 Å². The summed E-state index contributed by atoms with van der Waals surface area (Å²) in [5.41, 5.74) is 8.55. The van der Waals surface area contributed by atoms with Crippen molar-refractivity contribution in [2.45, 2.75) is 13.0 Å². The summed E-state index contributed by atoms with van der Waals surface area (Å²) >= 11 is 0. The van der Waals surface area contributed by atoms with Crippen LogP contribution in [0.5, 0.6) is 5.75 Å². The average Bonchev–Trinajstić information content (AvgIpc) is 3.12. The lowest BCUT2D eigenvalue weighted by atomic mass is 10.0. The number of nitrogens with zero attached hydrogens (tertiary/aromatic N) is 1. The maximum Gasteiger partial charge on any atom is 0.120 e. The van der Waals surface area contributed by atoms with Crippen molar-refractivity contribution >= 4 is 5.69 Å². The number of hydrogen-bond acceptors (Lipinski definition) is 2. The highest BCUT2D eigenvalue weighted by Crippen LogP contribution is 2.36. The van der Waals surface area contributed by atoms with Gasteiger partial charge in [-0.2, -0.15) is 0 Å². The largest absolute Gasteiger partial charge is 0.497 e. The van der Waals surface area contributed by atoms with Crippen LogP contribution < -0.4 is 14.5 Å². The standard InChI is InChI=1S/C25H26N2O/c1-28-23-7-4-6-22(17-23)27-13-11-26(12-14-27)18-19-9-10-25-21(15-19)16-20-5-2-3-8-24(20)25/h2-10,15,17H,11-14,16,18H2,1H3/p+1. The number of quaternary nitrogens is 1. The summed E-state index contributed by atoms with van der Waals surface area (Å²) in [5, 5.41) is 0. The van der Waals surface area contributed by atoms with Crippen LogP contribution in [0.2, 0.25) is 0 Å². The zero-order valence-electron chi connectivity index (χ0n) is 16.4. The van der Waals surface area contributed by atoms with Crippen LogP contribution in [0.15, 0.2) is 66.7 Å². The number of nitrogens with one attached hydrogen (secondary N) is 1. The lowest BCUT2D eigenvalue weighted by molar-refractivity contribution is -0.914. The van der Waals surface area contributed by atoms with Crippen molar-refractivity contribution in [3.63, 3.8) is 0 Å². The van der Waals surface area contributed by atoms with Gasteiger partial charge in [-0.1, -0.05) is 42.5 Å². The summed E-state index contributed by atoms with van der Waals surface area (Å²) in [4.78, 5) is 4.15. The molecule has 0 unspecified atom stereocenters. The molecule has 0 bridgehead atoms. The normalized spacial score (nSPS) is 16.0. The molecule has 0 radical (unpaired) electrons. The van der Waals surface area contributed by atoms with Crippen molar-refractivity contribution in [3.05, 3.63) is 83.4 Å². The molecule has 3 aromatic carbocycles. The number of rotatable bonds is 4. The number of benzene rings is 3. The van der Waals surface area contributed by atoms with E-state index in [1.165, 1.54) is 46.6 Å². The molecule has 1 heterocycles. The minimum absolute atomic E-state index is 0.936. The first-order valence-corrected chi connectivity index (χ1v) is 10.2. The molecule has 1 aliphatic carbocycles. The minimum atomic E-state index is 0.936. The summed E-state index contributed by atoms with van der Waals surface area (Å²) in [7, 11) is 1.73. The second-order valence-corrected chi connectivity index (χ2v) is 7.94. The fraction of sp³-hybridized carbons (Fsp3) is 0.280. The third-order valence-corrected chi connectivity index (χ3v) is 6.20. The van der Waals surface area contributed by atoms with Crippen LogP contribution in [-0.2, 0) is 13.0 Å². The Morgan fingerprint density at radius 3 is 2.54 bits per heavy atom. The van der Waals surface area contributed by atoms with Gasteiger partial charge in [-0.25, -0.2) is 0 Å². The van der Waals surface area contributed by atoms with Crippen LogP contribution >= 0.6 is 0 Å². The molecule has 0 spiro atoms. The van der Waals surface area contributed by atoms with Gasteiger partial charge in [0.2, 0.25) is 0 Å². The van der Waals surface area contributed by atoms with Gasteiger partial charge in [0.25, 0.3) is 0 Å². The van der Waals surface area contributed by atoms with Crippen LogP contribution in [0.25, 0.3) is 11.1 Å². The quantitative estimate of drug-likeness (QED) is 0.593. The maximum absolute atomic E-state index is 5.37. The van der Waals surface area contributed by atoms with Gasteiger partial charge in [0.15, 0.2) is 0 Å². The molecule has 28 heavy (non-hydrogen) atoms. The first kappa shape index (κ1) is 17.3. The van der Waals surface area contributed by atoms with Crippen molar-refractivity contribution in [1.82, 2.24) is 0 Å². The third kappa shape index (κ3) is 3.27. The molecular formula is C25H27N2O+. The number of methoxy groups -OCH3 is 1. The summed E-state index contributed by atoms with van der Waals surface area (Å²) in [5.74, 6) is 0.936. The molecule has 142 valence electrons. The Balaban J connectivity index is 1.23. The number of fused-ring (bicyclic) bond motifs is 3. The predicted molar refractivity (Wildman–Crippen MR) is 114 cm³/mol. The van der Waals surface area contributed by atoms with E-state index < -0.39 is 0 Å². The molecule has 3 nitrogen and oxygen atoms in total. The Hall–Kier alpha value is -2.78. The number of ether oxygens (including phenoxy) is 1. The lowest BCUT2D eigenvalue weighted by Gasteiger charge is -2.33. The second-order valence-electron chi connectivity index (χ2n) is 7.94. The van der Waals surface area contributed by atoms with E-state index in [-0.39, 0.29) is 0 Å². The van der Waals surface area contributed by atoms with Gasteiger partial charge in [0, 0.05) is 17.3 Å². The molecule has 3 heteroatoms. The highest BCUT2D eigenvalue weighted by atomic mass is 16.5. The van der Waals surface area contributed by atoms with Crippen molar-refractivity contribution < 1.29 is 9.64 Å². The topological polar surface area (TPSA) is 16.9 Å². The number of piperazine rings is 1. The highest BCUT2D eigenvalue weighted by molar-refractivity contribution is 5.76. The van der Waals surface area contributed by atoms with Crippen LogP contribution in [0.4, 0.5) is 5.69 Å². The van der Waals surface area contributed by atoms with Crippen molar-refractivity contribution in [1.29, 1.82) is 0 Å². The first-order valence-electron chi connectivity index (χ1n) is 10.2. The van der Waals surface area contributed by atoms with Crippen molar-refractivity contribution in [2.24, 2.45) is 0 Å². The Morgan fingerprint density at radius 1 is 0.857 bits per heavy atom. The second kappa shape index (κ2) is 7.33. The van der Waals surface area contributed by atoms with E-state index in [4.69, 9.17) is 4.74 Å². The van der Waals surface area contributed by atoms with Crippen molar-refractivity contribution in [3.8, 4) is 16.9 Å². The number of hydrogen-bond donors (Lipinski definition) is 1. The molecule has 0 amide bonds. The molecule has 1 fully saturated rings. The highest BCUT2D eigenvalue weighted by Gasteiger charge is 2.22. The predicted octanol–water partition coefficient (Wildman–Crippen LogP) is 3.17.